The smallest absolute Gasteiger partial charge is 0.311 e. The Bertz CT molecular complexity index is 4270. The molecular weight excluding hydrogens is 1730 g/mol. The van der Waals surface area contributed by atoms with Gasteiger partial charge in [-0.3, -0.25) is 19.6 Å². The Labute approximate surface area is 805 Å². The normalized spacial score (nSPS) is 41.0. The predicted octanol–water partition coefficient (Wildman–Crippen LogP) is 9.65. The van der Waals surface area contributed by atoms with E-state index < -0.39 is 192 Å². The molecule has 0 spiro atoms. The third kappa shape index (κ3) is 28.8. The van der Waals surface area contributed by atoms with E-state index in [2.05, 4.69) is 61.3 Å². The van der Waals surface area contributed by atoms with E-state index in [-0.39, 0.29) is 74.7 Å². The molecule has 6 fully saturated rings. The Kier molecular flexibility index (Phi) is 41.7. The first kappa shape index (κ1) is 114. The highest BCUT2D eigenvalue weighted by atomic mass is 16.7. The maximum absolute atomic E-state index is 14.6. The molecule has 135 heavy (non-hydrogen) atoms. The highest BCUT2D eigenvalue weighted by Crippen LogP contribution is 2.45. The molecule has 8 heterocycles. The minimum Gasteiger partial charge on any atom is -0.459 e. The van der Waals surface area contributed by atoms with E-state index in [0.717, 1.165) is 52.4 Å². The fraction of sp³-hybridized carbons (Fsp3) is 0.806. The molecule has 770 valence electrons. The first-order valence-electron chi connectivity index (χ1n) is 49.7. The van der Waals surface area contributed by atoms with E-state index >= 15 is 0 Å². The number of fused-ring (bicyclic) bond motifs is 2. The van der Waals surface area contributed by atoms with Crippen LogP contribution in [0.15, 0.2) is 73.1 Å². The summed E-state index contributed by atoms with van der Waals surface area (Å²) in [6.07, 6.45) is -9.39. The molecule has 0 saturated carbocycles. The van der Waals surface area contributed by atoms with Crippen LogP contribution < -0.4 is 5.32 Å². The summed E-state index contributed by atoms with van der Waals surface area (Å²) >= 11 is 0. The molecule has 9 N–H and O–H groups in total. The van der Waals surface area contributed by atoms with Crippen molar-refractivity contribution in [2.45, 2.75) is 396 Å². The number of ether oxygens (including phenoxy) is 14. The lowest BCUT2D eigenvalue weighted by Gasteiger charge is -2.49. The van der Waals surface area contributed by atoms with Crippen molar-refractivity contribution >= 4 is 33.7 Å². The molecule has 0 aliphatic carbocycles. The minimum absolute atomic E-state index is 0.0941. The van der Waals surface area contributed by atoms with Crippen molar-refractivity contribution in [2.24, 2.45) is 35.5 Å². The van der Waals surface area contributed by atoms with Crippen LogP contribution >= 0.6 is 0 Å². The van der Waals surface area contributed by atoms with Gasteiger partial charge in [0.05, 0.1) is 94.1 Å². The summed E-state index contributed by atoms with van der Waals surface area (Å²) < 4.78 is 91.7. The van der Waals surface area contributed by atoms with Crippen LogP contribution in [0.5, 0.6) is 0 Å². The van der Waals surface area contributed by atoms with Gasteiger partial charge in [-0.2, -0.15) is 0 Å². The summed E-state index contributed by atoms with van der Waals surface area (Å²) in [6.45, 7) is 40.7. The summed E-state index contributed by atoms with van der Waals surface area (Å²) in [4.78, 5) is 48.8. The number of para-hydroxylation sites is 2. The van der Waals surface area contributed by atoms with Gasteiger partial charge in [0.2, 0.25) is 0 Å². The molecule has 32 heteroatoms. The zero-order chi connectivity index (χ0) is 100. The molecule has 2 aromatic carbocycles. The zero-order valence-electron chi connectivity index (χ0n) is 86.7. The number of likely N-dealkylation sites (N-methyl/N-ethyl adjacent to an activating group) is 4. The summed E-state index contributed by atoms with van der Waals surface area (Å²) in [5, 5.41) is 101. The fourth-order valence-corrected chi connectivity index (χ4v) is 21.8. The van der Waals surface area contributed by atoms with Crippen molar-refractivity contribution < 1.29 is 117 Å². The van der Waals surface area contributed by atoms with Crippen molar-refractivity contribution in [2.75, 3.05) is 103 Å². The van der Waals surface area contributed by atoms with Crippen LogP contribution in [0.4, 0.5) is 0 Å². The summed E-state index contributed by atoms with van der Waals surface area (Å²) in [5.41, 5.74) is -4.62. The lowest BCUT2D eigenvalue weighted by Crippen LogP contribution is -2.61. The van der Waals surface area contributed by atoms with Gasteiger partial charge in [0.25, 0.3) is 0 Å². The Morgan fingerprint density at radius 3 is 1.28 bits per heavy atom. The van der Waals surface area contributed by atoms with Crippen LogP contribution in [0.3, 0.4) is 0 Å². The zero-order valence-corrected chi connectivity index (χ0v) is 86.7. The highest BCUT2D eigenvalue weighted by Gasteiger charge is 2.57. The van der Waals surface area contributed by atoms with Crippen LogP contribution in [-0.4, -0.2) is 371 Å². The number of benzene rings is 2. The quantitative estimate of drug-likeness (QED) is 0.0189. The number of hydrogen-bond acceptors (Lipinski definition) is 32. The van der Waals surface area contributed by atoms with Crippen LogP contribution in [0.1, 0.15) is 214 Å². The Hall–Kier alpha value is -4.84. The van der Waals surface area contributed by atoms with Gasteiger partial charge in [-0.25, -0.2) is 0 Å². The molecule has 0 amide bonds. The fourth-order valence-electron chi connectivity index (χ4n) is 21.8. The van der Waals surface area contributed by atoms with E-state index in [1.807, 2.05) is 156 Å². The molecule has 0 unspecified atom stereocenters. The summed E-state index contributed by atoms with van der Waals surface area (Å²) in [5.74, 6) is -5.10. The number of hydrogen-bond donors (Lipinski definition) is 9. The average molecular weight is 1910 g/mol. The SMILES string of the molecule is CC[C@H]1OC(=O)[C@H](C)[C@@H](O[C@H]2C[C@@](C)(OC)[C@@H](O)[C@H](C)O2)[C@H](C)[C@@H](O[C@@H]2O[C@H](C)C[C@H](N(C)C)[C@H]2OCCCN(C)Cc2cnc3ccccc3c2)[C@](C)(O)C[C@@H](C)CN(C)[C@H](C)[C@@H](O)[C@]1(C)O.CC[C@H]1OC(=O)[C@H](C)[C@@H](O[C@H]2C[C@@](C)(OC)[C@@H](O)[C@H](C)O2)[C@H](C)[C@@H](O[C@@H]2O[C@H](C)C[C@H](N(C)C)[C@H]2OCCCNCc2cnc3ccccc3c2)[C@](C)(O)C[C@@H](C)CN(C)[C@H](C)[C@@H](O)[C@]1(C)O. The van der Waals surface area contributed by atoms with Gasteiger partial charge in [-0.05, 0) is 251 Å². The number of carbonyl (C=O) groups is 2. The number of pyridine rings is 2. The molecule has 6 saturated heterocycles. The Morgan fingerprint density at radius 1 is 0.504 bits per heavy atom. The largest absolute Gasteiger partial charge is 0.459 e. The third-order valence-corrected chi connectivity index (χ3v) is 30.2. The number of carbonyl (C=O) groups excluding carboxylic acids is 2. The number of nitrogens with zero attached hydrogens (tertiary/aromatic N) is 7. The summed E-state index contributed by atoms with van der Waals surface area (Å²) in [7, 11) is 17.0. The van der Waals surface area contributed by atoms with E-state index in [1.54, 1.807) is 69.2 Å². The van der Waals surface area contributed by atoms with Gasteiger partial charge < -0.3 is 137 Å². The van der Waals surface area contributed by atoms with Crippen molar-refractivity contribution in [1.29, 1.82) is 0 Å². The second kappa shape index (κ2) is 49.4. The molecule has 32 nitrogen and oxygen atoms in total. The number of rotatable bonds is 28. The number of aromatic nitrogens is 2. The van der Waals surface area contributed by atoms with Crippen LogP contribution in [0.25, 0.3) is 21.8 Å². The summed E-state index contributed by atoms with van der Waals surface area (Å²) in [6, 6.07) is 19.2. The molecular formula is C103H174N8O24. The maximum Gasteiger partial charge on any atom is 0.311 e. The number of cyclic esters (lactones) is 2. The second-order valence-electron chi connectivity index (χ2n) is 42.7. The number of aliphatic hydroxyl groups is 8. The van der Waals surface area contributed by atoms with Crippen molar-refractivity contribution in [3.05, 3.63) is 84.2 Å². The minimum atomic E-state index is -1.81. The van der Waals surface area contributed by atoms with Gasteiger partial charge in [0.15, 0.2) is 25.2 Å². The molecule has 0 bridgehead atoms. The molecule has 6 aliphatic rings. The molecule has 2 aromatic heterocycles. The first-order valence-corrected chi connectivity index (χ1v) is 49.7. The van der Waals surface area contributed by atoms with Crippen LogP contribution in [0, 0.1) is 35.5 Å². The third-order valence-electron chi connectivity index (χ3n) is 30.2. The maximum atomic E-state index is 14.6. The first-order chi connectivity index (χ1) is 63.3. The van der Waals surface area contributed by atoms with Crippen LogP contribution in [0.2, 0.25) is 0 Å². The molecule has 36 atom stereocenters. The monoisotopic (exact) mass is 1910 g/mol. The van der Waals surface area contributed by atoms with Gasteiger partial charge in [0.1, 0.15) is 60.0 Å². The average Bonchev–Trinajstić information content (AvgIpc) is 1.63. The number of aliphatic hydroxyl groups excluding tert-OH is 4. The molecule has 10 rings (SSSR count). The molecule has 4 aromatic rings. The van der Waals surface area contributed by atoms with Gasteiger partial charge in [-0.1, -0.05) is 77.9 Å². The Balaban J connectivity index is 0.000000303. The number of nitrogens with one attached hydrogen (secondary N) is 1. The Morgan fingerprint density at radius 2 is 0.889 bits per heavy atom. The molecule has 0 radical (unpaired) electrons. The molecule has 6 aliphatic heterocycles. The lowest BCUT2D eigenvalue weighted by atomic mass is 9.77. The van der Waals surface area contributed by atoms with Gasteiger partial charge in [-0.15, -0.1) is 0 Å². The van der Waals surface area contributed by atoms with E-state index in [4.69, 9.17) is 66.3 Å². The van der Waals surface area contributed by atoms with Gasteiger partial charge >= 0.3 is 11.9 Å². The van der Waals surface area contributed by atoms with E-state index in [0.29, 0.717) is 58.7 Å². The predicted molar refractivity (Wildman–Crippen MR) is 517 cm³/mol. The number of methoxy groups -OCH3 is 2. The van der Waals surface area contributed by atoms with Crippen LogP contribution in [-0.2, 0) is 89.0 Å². The van der Waals surface area contributed by atoms with Gasteiger partial charge in [0, 0.05) is 132 Å². The van der Waals surface area contributed by atoms with E-state index in [1.165, 1.54) is 28.1 Å². The number of esters is 2. The second-order valence-corrected chi connectivity index (χ2v) is 42.7. The van der Waals surface area contributed by atoms with Crippen molar-refractivity contribution in [1.82, 2.24) is 39.8 Å². The topological polar surface area (TPSA) is 379 Å². The lowest BCUT2D eigenvalue weighted by molar-refractivity contribution is -0.321. The van der Waals surface area contributed by atoms with E-state index in [9.17, 15) is 50.4 Å². The van der Waals surface area contributed by atoms with Crippen molar-refractivity contribution in [3.8, 4) is 0 Å². The standard InChI is InChI=1S/C52H88N4O12.C51H86N4O12/c1-16-41-52(10,61)45(57)35(6)56(14)29-31(2)26-50(8,60)47(33(4)43(34(5)48(59)66-41)67-42-27-51(9,62-15)46(58)36(7)65-42)68-49-44(40(54(11)12)24-32(3)64-49)63-23-19-22-55(13)30-37-25-38-20-17-18-21-39(38)53-28-37;1-15-40-51(10,60)44(56)34(6)55(13)29-30(2)25-49(8,59)46(32(4)42(33(5)47(58)65-40)66-41-26-50(9,61-14)45(57)35(7)64-41)67-48-43(39(54(11)12)23-31(3)63-48)62-22-18-21-52-27-36-24-37-19-16-17-20-38(37)53-28-36/h17-18,20-21,25,28,31-36,40-47,49,57-58,60-61H,16,19,22-24,26-27,29-30H2,1-15H3;16-17,19-20,24,28,30-35,39-46,48,52,56-57,59-60H,15,18,21-23,25-27,29H2,1-14H3/t31-,32-,33+,34-,35-,36+,40+,41-,42+,43+,44-,45-,46+,47-,49+,50-,51-,52-;30-,31-,32+,33-,34-,35+,39+,40-,41+,42+,43-,44-,45+,46-,48+,49-,50-,51-/m11/s1. The van der Waals surface area contributed by atoms with Crippen molar-refractivity contribution in [3.63, 3.8) is 0 Å². The highest BCUT2D eigenvalue weighted by molar-refractivity contribution is 5.79.